The van der Waals surface area contributed by atoms with E-state index in [2.05, 4.69) is 22.4 Å². The zero-order valence-electron chi connectivity index (χ0n) is 15.8. The maximum absolute atomic E-state index is 11.9. The first-order valence-corrected chi connectivity index (χ1v) is 9.34. The molecule has 0 saturated carbocycles. The summed E-state index contributed by atoms with van der Waals surface area (Å²) in [5, 5.41) is 23.4. The number of carbonyl (C=O) groups excluding carboxylic acids is 1. The molecule has 1 amide bonds. The summed E-state index contributed by atoms with van der Waals surface area (Å²) in [6, 6.07) is 6.98. The van der Waals surface area contributed by atoms with Gasteiger partial charge in [0.2, 0.25) is 5.91 Å². The number of aromatic amines is 1. The normalized spacial score (nSPS) is 12.7. The van der Waals surface area contributed by atoms with Gasteiger partial charge in [-0.15, -0.1) is 0 Å². The van der Waals surface area contributed by atoms with Crippen LogP contribution in [0, 0.1) is 0 Å². The van der Waals surface area contributed by atoms with Crippen LogP contribution >= 0.6 is 0 Å². The largest absolute Gasteiger partial charge is 0.480 e. The van der Waals surface area contributed by atoms with Crippen LogP contribution in [0.2, 0.25) is 0 Å². The lowest BCUT2D eigenvalue weighted by Crippen LogP contribution is -2.31. The molecule has 1 heterocycles. The molecule has 8 heteroatoms. The molecule has 0 fully saturated rings. The number of hydrogen-bond acceptors (Lipinski definition) is 4. The minimum Gasteiger partial charge on any atom is -0.480 e. The molecule has 0 aliphatic heterocycles. The van der Waals surface area contributed by atoms with E-state index >= 15 is 0 Å². The van der Waals surface area contributed by atoms with Gasteiger partial charge in [0.15, 0.2) is 5.71 Å². The second-order valence-corrected chi connectivity index (χ2v) is 6.56. The van der Waals surface area contributed by atoms with Gasteiger partial charge in [0, 0.05) is 23.5 Å². The lowest BCUT2D eigenvalue weighted by molar-refractivity contribution is -0.138. The second-order valence-electron chi connectivity index (χ2n) is 6.56. The molecule has 8 nitrogen and oxygen atoms in total. The highest BCUT2D eigenvalue weighted by Gasteiger charge is 2.33. The number of carboxylic acids is 2. The average molecular weight is 387 g/mol. The van der Waals surface area contributed by atoms with Gasteiger partial charge in [-0.05, 0) is 18.1 Å². The van der Waals surface area contributed by atoms with E-state index in [-0.39, 0.29) is 12.0 Å². The van der Waals surface area contributed by atoms with Gasteiger partial charge in [-0.25, -0.2) is 10.2 Å². The Labute approximate surface area is 162 Å². The molecular weight excluding hydrogens is 362 g/mol. The predicted molar refractivity (Wildman–Crippen MR) is 105 cm³/mol. The number of benzene rings is 1. The van der Waals surface area contributed by atoms with Crippen molar-refractivity contribution in [2.45, 2.75) is 51.4 Å². The van der Waals surface area contributed by atoms with Crippen LogP contribution in [0.5, 0.6) is 0 Å². The van der Waals surface area contributed by atoms with E-state index in [4.69, 9.17) is 0 Å². The number of para-hydroxylation sites is 1. The van der Waals surface area contributed by atoms with Gasteiger partial charge in [-0.3, -0.25) is 9.59 Å². The Bertz CT molecular complexity index is 872. The van der Waals surface area contributed by atoms with Crippen LogP contribution in [0.15, 0.2) is 35.6 Å². The number of hydrogen-bond donors (Lipinski definition) is 4. The molecule has 1 atom stereocenters. The topological polar surface area (TPSA) is 132 Å². The molecule has 0 aliphatic carbocycles. The van der Waals surface area contributed by atoms with Gasteiger partial charge >= 0.3 is 11.9 Å². The molecular formula is C20H25N3O5. The van der Waals surface area contributed by atoms with Crippen LogP contribution in [0.25, 0.3) is 10.9 Å². The highest BCUT2D eigenvalue weighted by Crippen LogP contribution is 2.27. The first kappa shape index (κ1) is 21.1. The lowest BCUT2D eigenvalue weighted by Gasteiger charge is -2.12. The standard InChI is InChI=1S/C20H25N3O5/c1-2-3-4-5-6-11-16(24)22-23-18(20(27)28)17(19(25)26)14-12-21-15-10-8-7-9-13(14)15/h7-10,12,17,21H,2-6,11H2,1H3,(H,22,24)(H,25,26)(H,27,28)/b23-18-. The Balaban J connectivity index is 2.17. The Morgan fingerprint density at radius 3 is 2.50 bits per heavy atom. The average Bonchev–Trinajstić information content (AvgIpc) is 3.08. The Hall–Kier alpha value is -3.16. The quantitative estimate of drug-likeness (QED) is 0.267. The number of H-pyrrole nitrogens is 1. The number of carbonyl (C=O) groups is 3. The zero-order valence-corrected chi connectivity index (χ0v) is 15.8. The Morgan fingerprint density at radius 2 is 1.82 bits per heavy atom. The molecule has 0 radical (unpaired) electrons. The summed E-state index contributed by atoms with van der Waals surface area (Å²) in [7, 11) is 0. The van der Waals surface area contributed by atoms with Crippen molar-refractivity contribution < 1.29 is 24.6 Å². The lowest BCUT2D eigenvalue weighted by atomic mass is 9.93. The molecule has 0 saturated heterocycles. The summed E-state index contributed by atoms with van der Waals surface area (Å²) >= 11 is 0. The van der Waals surface area contributed by atoms with E-state index in [1.807, 2.05) is 0 Å². The number of hydrazone groups is 1. The van der Waals surface area contributed by atoms with E-state index < -0.39 is 29.5 Å². The fraction of sp³-hybridized carbons (Fsp3) is 0.400. The van der Waals surface area contributed by atoms with Crippen LogP contribution in [0.4, 0.5) is 0 Å². The molecule has 1 aromatic carbocycles. The van der Waals surface area contributed by atoms with Crippen LogP contribution in [-0.2, 0) is 14.4 Å². The molecule has 0 spiro atoms. The minimum atomic E-state index is -1.52. The van der Waals surface area contributed by atoms with Crippen molar-refractivity contribution in [3.05, 3.63) is 36.0 Å². The number of nitrogens with zero attached hydrogens (tertiary/aromatic N) is 1. The van der Waals surface area contributed by atoms with Gasteiger partial charge < -0.3 is 15.2 Å². The number of carboxylic acid groups (broad SMARTS) is 2. The zero-order chi connectivity index (χ0) is 20.5. The van der Waals surface area contributed by atoms with Crippen LogP contribution in [-0.4, -0.2) is 38.8 Å². The maximum Gasteiger partial charge on any atom is 0.353 e. The molecule has 0 bridgehead atoms. The molecule has 2 rings (SSSR count). The summed E-state index contributed by atoms with van der Waals surface area (Å²) < 4.78 is 0. The number of amides is 1. The van der Waals surface area contributed by atoms with E-state index in [0.717, 1.165) is 25.7 Å². The van der Waals surface area contributed by atoms with Crippen LogP contribution in [0.1, 0.15) is 56.9 Å². The number of unbranched alkanes of at least 4 members (excludes halogenated alkanes) is 4. The van der Waals surface area contributed by atoms with Crippen molar-refractivity contribution in [3.8, 4) is 0 Å². The van der Waals surface area contributed by atoms with Crippen molar-refractivity contribution in [2.24, 2.45) is 5.10 Å². The maximum atomic E-state index is 11.9. The van der Waals surface area contributed by atoms with Crippen molar-refractivity contribution in [3.63, 3.8) is 0 Å². The number of nitrogens with one attached hydrogen (secondary N) is 2. The van der Waals surface area contributed by atoms with E-state index in [0.29, 0.717) is 17.3 Å². The molecule has 2 aromatic rings. The third-order valence-electron chi connectivity index (χ3n) is 4.48. The highest BCUT2D eigenvalue weighted by atomic mass is 16.4. The number of rotatable bonds is 11. The SMILES string of the molecule is CCCCCCCC(=O)N/N=C(\C(=O)O)C(C(=O)O)c1c[nH]c2ccccc12. The van der Waals surface area contributed by atoms with E-state index in [9.17, 15) is 24.6 Å². The highest BCUT2D eigenvalue weighted by molar-refractivity contribution is 6.42. The number of fused-ring (bicyclic) bond motifs is 1. The molecule has 1 aromatic heterocycles. The fourth-order valence-corrected chi connectivity index (χ4v) is 3.03. The number of aliphatic carboxylic acids is 2. The molecule has 150 valence electrons. The third-order valence-corrected chi connectivity index (χ3v) is 4.48. The van der Waals surface area contributed by atoms with Gasteiger partial charge in [0.05, 0.1) is 0 Å². The van der Waals surface area contributed by atoms with E-state index in [1.54, 1.807) is 24.3 Å². The smallest absolute Gasteiger partial charge is 0.353 e. The monoisotopic (exact) mass is 387 g/mol. The van der Waals surface area contributed by atoms with Crippen molar-refractivity contribution >= 4 is 34.5 Å². The van der Waals surface area contributed by atoms with Gasteiger partial charge in [0.1, 0.15) is 5.92 Å². The molecule has 1 unspecified atom stereocenters. The first-order valence-electron chi connectivity index (χ1n) is 9.34. The van der Waals surface area contributed by atoms with Crippen LogP contribution < -0.4 is 5.43 Å². The molecule has 0 aliphatic rings. The van der Waals surface area contributed by atoms with Crippen molar-refractivity contribution in [1.82, 2.24) is 10.4 Å². The summed E-state index contributed by atoms with van der Waals surface area (Å²) in [6.07, 6.45) is 6.49. The fourth-order valence-electron chi connectivity index (χ4n) is 3.03. The number of aromatic nitrogens is 1. The van der Waals surface area contributed by atoms with E-state index in [1.165, 1.54) is 6.20 Å². The van der Waals surface area contributed by atoms with Gasteiger partial charge in [-0.2, -0.15) is 5.10 Å². The Kier molecular flexibility index (Phi) is 7.74. The Morgan fingerprint density at radius 1 is 1.11 bits per heavy atom. The van der Waals surface area contributed by atoms with Crippen LogP contribution in [0.3, 0.4) is 0 Å². The summed E-state index contributed by atoms with van der Waals surface area (Å²) in [5.41, 5.74) is 2.51. The molecule has 28 heavy (non-hydrogen) atoms. The summed E-state index contributed by atoms with van der Waals surface area (Å²) in [5.74, 6) is -4.81. The van der Waals surface area contributed by atoms with Crippen molar-refractivity contribution in [2.75, 3.05) is 0 Å². The first-order chi connectivity index (χ1) is 13.5. The third kappa shape index (κ3) is 5.42. The summed E-state index contributed by atoms with van der Waals surface area (Å²) in [6.45, 7) is 2.10. The predicted octanol–water partition coefficient (Wildman–Crippen LogP) is 3.25. The van der Waals surface area contributed by atoms with Crippen molar-refractivity contribution in [1.29, 1.82) is 0 Å². The van der Waals surface area contributed by atoms with Gasteiger partial charge in [-0.1, -0.05) is 50.8 Å². The second kappa shape index (κ2) is 10.2. The summed E-state index contributed by atoms with van der Waals surface area (Å²) in [4.78, 5) is 38.4. The molecule has 4 N–H and O–H groups in total. The van der Waals surface area contributed by atoms with Gasteiger partial charge in [0.25, 0.3) is 0 Å². The minimum absolute atomic E-state index is 0.213.